The van der Waals surface area contributed by atoms with Crippen molar-refractivity contribution in [2.75, 3.05) is 6.26 Å². The second-order valence-electron chi connectivity index (χ2n) is 4.93. The quantitative estimate of drug-likeness (QED) is 0.490. The molecule has 4 aromatic rings. The highest BCUT2D eigenvalue weighted by molar-refractivity contribution is 7.98. The van der Waals surface area contributed by atoms with Crippen LogP contribution in [0.1, 0.15) is 0 Å². The molecule has 0 aliphatic carbocycles. The molecule has 0 spiro atoms. The number of hydrogen-bond donors (Lipinski definition) is 0. The molecule has 3 heteroatoms. The van der Waals surface area contributed by atoms with E-state index in [0.29, 0.717) is 0 Å². The third-order valence-electron chi connectivity index (χ3n) is 3.72. The fraction of sp³-hybridized carbons (Fsp3) is 0.0556. The van der Waals surface area contributed by atoms with Crippen molar-refractivity contribution in [2.45, 2.75) is 5.03 Å². The molecule has 0 amide bonds. The summed E-state index contributed by atoms with van der Waals surface area (Å²) in [6, 6.07) is 21.0. The highest BCUT2D eigenvalue weighted by Crippen LogP contribution is 2.34. The minimum Gasteiger partial charge on any atom is -0.294 e. The minimum atomic E-state index is 0.991. The van der Waals surface area contributed by atoms with Crippen molar-refractivity contribution in [1.82, 2.24) is 9.38 Å². The van der Waals surface area contributed by atoms with Gasteiger partial charge in [-0.25, -0.2) is 4.98 Å². The van der Waals surface area contributed by atoms with Gasteiger partial charge in [-0.3, -0.25) is 4.40 Å². The first-order valence-corrected chi connectivity index (χ1v) is 8.10. The Bertz CT molecular complexity index is 935. The zero-order chi connectivity index (χ0) is 14.2. The average Bonchev–Trinajstić information content (AvgIpc) is 2.92. The Kier molecular flexibility index (Phi) is 2.93. The van der Waals surface area contributed by atoms with Crippen molar-refractivity contribution < 1.29 is 0 Å². The summed E-state index contributed by atoms with van der Waals surface area (Å²) >= 11 is 1.74. The summed E-state index contributed by atoms with van der Waals surface area (Å²) in [6.07, 6.45) is 4.17. The topological polar surface area (TPSA) is 17.3 Å². The molecule has 0 aliphatic rings. The molecule has 0 fully saturated rings. The number of nitrogens with zero attached hydrogens (tertiary/aromatic N) is 2. The fourth-order valence-corrected chi connectivity index (χ4v) is 3.48. The molecule has 0 radical (unpaired) electrons. The number of benzene rings is 2. The van der Waals surface area contributed by atoms with Gasteiger partial charge in [-0.1, -0.05) is 48.5 Å². The molecule has 2 aromatic heterocycles. The lowest BCUT2D eigenvalue weighted by Gasteiger charge is -2.06. The third kappa shape index (κ3) is 1.93. The van der Waals surface area contributed by atoms with Crippen LogP contribution in [0.5, 0.6) is 0 Å². The fourth-order valence-electron chi connectivity index (χ4n) is 2.78. The van der Waals surface area contributed by atoms with Crippen LogP contribution in [-0.2, 0) is 0 Å². The molecule has 0 aliphatic heterocycles. The molecule has 0 N–H and O–H groups in total. The van der Waals surface area contributed by atoms with E-state index in [2.05, 4.69) is 59.3 Å². The highest BCUT2D eigenvalue weighted by Gasteiger charge is 2.14. The molecule has 4 rings (SSSR count). The summed E-state index contributed by atoms with van der Waals surface area (Å²) in [5, 5.41) is 3.68. The van der Waals surface area contributed by atoms with E-state index in [1.165, 1.54) is 21.4 Å². The predicted molar refractivity (Wildman–Crippen MR) is 89.9 cm³/mol. The Morgan fingerprint density at radius 2 is 1.71 bits per heavy atom. The SMILES string of the molecule is CSc1c(-c2cccc3ccccc23)nc2ccccn12. The van der Waals surface area contributed by atoms with Crippen LogP contribution in [-0.4, -0.2) is 15.6 Å². The van der Waals surface area contributed by atoms with Gasteiger partial charge in [-0.05, 0) is 29.2 Å². The van der Waals surface area contributed by atoms with Crippen LogP contribution in [0.15, 0.2) is 71.9 Å². The summed E-state index contributed by atoms with van der Waals surface area (Å²) in [5.74, 6) is 0. The first kappa shape index (κ1) is 12.5. The van der Waals surface area contributed by atoms with E-state index in [-0.39, 0.29) is 0 Å². The molecular formula is C18H14N2S. The number of rotatable bonds is 2. The molecular weight excluding hydrogens is 276 g/mol. The molecule has 102 valence electrons. The van der Waals surface area contributed by atoms with Gasteiger partial charge in [0.25, 0.3) is 0 Å². The number of pyridine rings is 1. The van der Waals surface area contributed by atoms with E-state index < -0.39 is 0 Å². The van der Waals surface area contributed by atoms with Crippen LogP contribution in [0.4, 0.5) is 0 Å². The van der Waals surface area contributed by atoms with Gasteiger partial charge in [-0.2, -0.15) is 0 Å². The van der Waals surface area contributed by atoms with Gasteiger partial charge >= 0.3 is 0 Å². The molecule has 21 heavy (non-hydrogen) atoms. The molecule has 0 unspecified atom stereocenters. The van der Waals surface area contributed by atoms with Gasteiger partial charge in [0.05, 0.1) is 0 Å². The summed E-state index contributed by atoms with van der Waals surface area (Å²) in [5.41, 5.74) is 3.25. The Labute approximate surface area is 127 Å². The Hall–Kier alpha value is -2.26. The molecule has 2 aromatic carbocycles. The van der Waals surface area contributed by atoms with E-state index in [9.17, 15) is 0 Å². The molecule has 0 saturated carbocycles. The van der Waals surface area contributed by atoms with Crippen LogP contribution in [0.3, 0.4) is 0 Å². The first-order valence-electron chi connectivity index (χ1n) is 6.88. The average molecular weight is 290 g/mol. The first-order chi connectivity index (χ1) is 10.4. The van der Waals surface area contributed by atoms with Gasteiger partial charge < -0.3 is 0 Å². The molecule has 2 heterocycles. The normalized spacial score (nSPS) is 11.3. The van der Waals surface area contributed by atoms with Crippen molar-refractivity contribution in [3.05, 3.63) is 66.9 Å². The van der Waals surface area contributed by atoms with Gasteiger partial charge in [0.1, 0.15) is 16.4 Å². The maximum absolute atomic E-state index is 4.85. The number of imidazole rings is 1. The molecule has 0 bridgehead atoms. The van der Waals surface area contributed by atoms with Crippen molar-refractivity contribution in [1.29, 1.82) is 0 Å². The van der Waals surface area contributed by atoms with Crippen LogP contribution in [0.2, 0.25) is 0 Å². The van der Waals surface area contributed by atoms with E-state index in [1.54, 1.807) is 11.8 Å². The van der Waals surface area contributed by atoms with Gasteiger partial charge in [0, 0.05) is 11.8 Å². The Morgan fingerprint density at radius 1 is 0.905 bits per heavy atom. The maximum Gasteiger partial charge on any atom is 0.138 e. The summed E-state index contributed by atoms with van der Waals surface area (Å²) in [6.45, 7) is 0. The zero-order valence-corrected chi connectivity index (χ0v) is 12.5. The van der Waals surface area contributed by atoms with E-state index in [0.717, 1.165) is 11.3 Å². The molecule has 0 saturated heterocycles. The van der Waals surface area contributed by atoms with Crippen molar-refractivity contribution in [3.63, 3.8) is 0 Å². The number of aromatic nitrogens is 2. The smallest absolute Gasteiger partial charge is 0.138 e. The standard InChI is InChI=1S/C18H14N2S/c1-21-18-17(19-16-11-4-5-12-20(16)18)15-10-6-8-13-7-2-3-9-14(13)15/h2-12H,1H3. The Balaban J connectivity index is 2.09. The van der Waals surface area contributed by atoms with Gasteiger partial charge in [-0.15, -0.1) is 11.8 Å². The maximum atomic E-state index is 4.85. The van der Waals surface area contributed by atoms with E-state index in [4.69, 9.17) is 4.98 Å². The lowest BCUT2D eigenvalue weighted by atomic mass is 10.0. The van der Waals surface area contributed by atoms with Crippen LogP contribution >= 0.6 is 11.8 Å². The van der Waals surface area contributed by atoms with Crippen molar-refractivity contribution in [3.8, 4) is 11.3 Å². The van der Waals surface area contributed by atoms with Gasteiger partial charge in [0.2, 0.25) is 0 Å². The third-order valence-corrected chi connectivity index (χ3v) is 4.50. The second-order valence-corrected chi connectivity index (χ2v) is 5.72. The molecule has 0 atom stereocenters. The number of fused-ring (bicyclic) bond motifs is 2. The Morgan fingerprint density at radius 3 is 2.62 bits per heavy atom. The summed E-state index contributed by atoms with van der Waals surface area (Å²) < 4.78 is 2.15. The van der Waals surface area contributed by atoms with Gasteiger partial charge in [0.15, 0.2) is 0 Å². The zero-order valence-electron chi connectivity index (χ0n) is 11.7. The van der Waals surface area contributed by atoms with E-state index >= 15 is 0 Å². The monoisotopic (exact) mass is 290 g/mol. The van der Waals surface area contributed by atoms with Crippen LogP contribution in [0, 0.1) is 0 Å². The number of thioether (sulfide) groups is 1. The summed E-state index contributed by atoms with van der Waals surface area (Å²) in [4.78, 5) is 4.85. The van der Waals surface area contributed by atoms with Crippen LogP contribution < -0.4 is 0 Å². The molecule has 2 nitrogen and oxygen atoms in total. The predicted octanol–water partition coefficient (Wildman–Crippen LogP) is 4.88. The lowest BCUT2D eigenvalue weighted by Crippen LogP contribution is -1.86. The lowest BCUT2D eigenvalue weighted by molar-refractivity contribution is 1.05. The highest BCUT2D eigenvalue weighted by atomic mass is 32.2. The number of hydrogen-bond acceptors (Lipinski definition) is 2. The minimum absolute atomic E-state index is 0.991. The largest absolute Gasteiger partial charge is 0.294 e. The van der Waals surface area contributed by atoms with E-state index in [1.807, 2.05) is 18.2 Å². The van der Waals surface area contributed by atoms with Crippen molar-refractivity contribution >= 4 is 28.2 Å². The second kappa shape index (κ2) is 4.93. The summed E-state index contributed by atoms with van der Waals surface area (Å²) in [7, 11) is 0. The van der Waals surface area contributed by atoms with Crippen LogP contribution in [0.25, 0.3) is 27.7 Å². The van der Waals surface area contributed by atoms with Crippen molar-refractivity contribution in [2.24, 2.45) is 0 Å².